The second kappa shape index (κ2) is 7.16. The number of hydrogen-bond donors (Lipinski definition) is 0. The maximum absolute atomic E-state index is 11.9. The van der Waals surface area contributed by atoms with E-state index in [4.69, 9.17) is 0 Å². The van der Waals surface area contributed by atoms with Crippen molar-refractivity contribution in [1.82, 2.24) is 0 Å². The number of hydrogen-bond acceptors (Lipinski definition) is 1. The van der Waals surface area contributed by atoms with Crippen LogP contribution in [0.3, 0.4) is 0 Å². The van der Waals surface area contributed by atoms with E-state index in [0.29, 0.717) is 12.3 Å². The standard InChI is InChI=1S/C10H18F3N2.Co/c1-5-6-8(15-9(2,3)4)14-7-10(11,12)13;/h5-7H2,1-4H3;/q-1;. The van der Waals surface area contributed by atoms with Gasteiger partial charge in [0.1, 0.15) is 0 Å². The van der Waals surface area contributed by atoms with Crippen LogP contribution >= 0.6 is 0 Å². The number of rotatable bonds is 3. The molecule has 0 aromatic carbocycles. The topological polar surface area (TPSA) is 26.5 Å². The van der Waals surface area contributed by atoms with Crippen LogP contribution in [0.5, 0.6) is 0 Å². The molecule has 1 radical (unpaired) electrons. The smallest absolute Gasteiger partial charge is 0.388 e. The predicted molar refractivity (Wildman–Crippen MR) is 56.4 cm³/mol. The Labute approximate surface area is 105 Å². The fourth-order valence-electron chi connectivity index (χ4n) is 0.962. The molecule has 0 atom stereocenters. The van der Waals surface area contributed by atoms with Gasteiger partial charge in [0.15, 0.2) is 0 Å². The molecule has 0 aliphatic heterocycles. The average Bonchev–Trinajstić information content (AvgIpc) is 1.96. The second-order valence-electron chi connectivity index (χ2n) is 4.38. The molecule has 0 fully saturated rings. The number of amidine groups is 1. The number of alkyl halides is 3. The third-order valence-electron chi connectivity index (χ3n) is 1.38. The maximum atomic E-state index is 11.9. The Bertz CT molecular complexity index is 219. The van der Waals surface area contributed by atoms with Gasteiger partial charge in [-0.15, -0.1) is 0 Å². The summed E-state index contributed by atoms with van der Waals surface area (Å²) in [5.74, 6) is 0.308. The van der Waals surface area contributed by atoms with Gasteiger partial charge >= 0.3 is 6.18 Å². The normalized spacial score (nSPS) is 13.3. The van der Waals surface area contributed by atoms with Crippen molar-refractivity contribution >= 4 is 5.84 Å². The molecule has 99 valence electrons. The summed E-state index contributed by atoms with van der Waals surface area (Å²) in [7, 11) is 0. The summed E-state index contributed by atoms with van der Waals surface area (Å²) in [6.45, 7) is 6.27. The molecule has 16 heavy (non-hydrogen) atoms. The minimum atomic E-state index is -4.24. The van der Waals surface area contributed by atoms with Gasteiger partial charge in [-0.3, -0.25) is 0 Å². The van der Waals surface area contributed by atoms with E-state index in [2.05, 4.69) is 10.3 Å². The van der Waals surface area contributed by atoms with E-state index in [1.165, 1.54) is 0 Å². The van der Waals surface area contributed by atoms with Crippen molar-refractivity contribution in [2.75, 3.05) is 6.54 Å². The molecule has 0 aliphatic rings. The van der Waals surface area contributed by atoms with Gasteiger partial charge in [-0.25, -0.2) is 0 Å². The molecule has 0 N–H and O–H groups in total. The van der Waals surface area contributed by atoms with Crippen LogP contribution in [-0.4, -0.2) is 24.1 Å². The largest absolute Gasteiger partial charge is 0.463 e. The van der Waals surface area contributed by atoms with Crippen LogP contribution < -0.4 is 0 Å². The van der Waals surface area contributed by atoms with E-state index >= 15 is 0 Å². The zero-order chi connectivity index (χ0) is 12.1. The maximum Gasteiger partial charge on any atom is 0.388 e. The molecule has 6 heteroatoms. The van der Waals surface area contributed by atoms with Crippen molar-refractivity contribution in [3.8, 4) is 0 Å². The van der Waals surface area contributed by atoms with Crippen molar-refractivity contribution in [2.24, 2.45) is 4.99 Å². The molecule has 0 rings (SSSR count). The van der Waals surface area contributed by atoms with Gasteiger partial charge in [0.2, 0.25) is 0 Å². The molecule has 0 aromatic heterocycles. The molecular formula is C10H18CoF3N2-. The van der Waals surface area contributed by atoms with Crippen molar-refractivity contribution in [1.29, 1.82) is 0 Å². The third-order valence-corrected chi connectivity index (χ3v) is 1.38. The molecule has 2 nitrogen and oxygen atoms in total. The number of nitrogens with zero attached hydrogens (tertiary/aromatic N) is 2. The van der Waals surface area contributed by atoms with Gasteiger partial charge in [0.05, 0.1) is 0 Å². The third kappa shape index (κ3) is 11.8. The van der Waals surface area contributed by atoms with Gasteiger partial charge in [-0.2, -0.15) is 13.2 Å². The Kier molecular flexibility index (Phi) is 8.12. The molecule has 0 unspecified atom stereocenters. The van der Waals surface area contributed by atoms with Crippen LogP contribution in [-0.2, 0) is 16.8 Å². The summed E-state index contributed by atoms with van der Waals surface area (Å²) < 4.78 is 35.8. The van der Waals surface area contributed by atoms with Gasteiger partial charge in [-0.05, 0) is 12.0 Å². The first-order chi connectivity index (χ1) is 6.64. The van der Waals surface area contributed by atoms with Crippen LogP contribution in [0, 0.1) is 0 Å². The molecule has 0 aromatic rings. The van der Waals surface area contributed by atoms with Crippen molar-refractivity contribution in [3.63, 3.8) is 0 Å². The van der Waals surface area contributed by atoms with Crippen molar-refractivity contribution in [2.45, 2.75) is 52.3 Å². The Balaban J connectivity index is 0. The molecule has 0 heterocycles. The first kappa shape index (κ1) is 18.1. The monoisotopic (exact) mass is 282 g/mol. The van der Waals surface area contributed by atoms with Crippen LogP contribution in [0.2, 0.25) is 0 Å². The summed E-state index contributed by atoms with van der Waals surface area (Å²) >= 11 is 0. The fraction of sp³-hybridized carbons (Fsp3) is 0.900. The minimum Gasteiger partial charge on any atom is -0.463 e. The number of halogens is 3. The minimum absolute atomic E-state index is 0. The van der Waals surface area contributed by atoms with Gasteiger partial charge in [0, 0.05) is 23.3 Å². The summed E-state index contributed by atoms with van der Waals surface area (Å²) in [4.78, 5) is 4.15. The Morgan fingerprint density at radius 2 is 1.69 bits per heavy atom. The zero-order valence-electron chi connectivity index (χ0n) is 9.98. The van der Waals surface area contributed by atoms with Gasteiger partial charge < -0.3 is 10.3 Å². The Hall–Kier alpha value is -0.234. The molecule has 0 amide bonds. The predicted octanol–water partition coefficient (Wildman–Crippen LogP) is 3.92. The van der Waals surface area contributed by atoms with E-state index < -0.39 is 12.7 Å². The summed E-state index contributed by atoms with van der Waals surface area (Å²) in [5, 5.41) is 3.50. The quantitative estimate of drug-likeness (QED) is 0.554. The SMILES string of the molecule is CCCC(=NC(C)(C)C)[N-]CC(F)(F)F.[Co]. The first-order valence-corrected chi connectivity index (χ1v) is 4.97. The Morgan fingerprint density at radius 1 is 1.19 bits per heavy atom. The summed E-state index contributed by atoms with van der Waals surface area (Å²) in [6, 6.07) is 0. The van der Waals surface area contributed by atoms with E-state index in [9.17, 15) is 13.2 Å². The van der Waals surface area contributed by atoms with Crippen molar-refractivity contribution < 1.29 is 30.0 Å². The molecular weight excluding hydrogens is 264 g/mol. The van der Waals surface area contributed by atoms with Gasteiger partial charge in [-0.1, -0.05) is 40.0 Å². The Morgan fingerprint density at radius 3 is 2.00 bits per heavy atom. The fourth-order valence-corrected chi connectivity index (χ4v) is 0.962. The summed E-state index contributed by atoms with van der Waals surface area (Å²) in [6.07, 6.45) is -3.00. The average molecular weight is 282 g/mol. The van der Waals surface area contributed by atoms with Crippen LogP contribution in [0.1, 0.15) is 40.5 Å². The van der Waals surface area contributed by atoms with E-state index in [0.717, 1.165) is 6.42 Å². The molecule has 0 saturated heterocycles. The number of aliphatic imine (C=N–C) groups is 1. The molecule has 0 saturated carbocycles. The molecule has 0 spiro atoms. The van der Waals surface area contributed by atoms with Crippen LogP contribution in [0.15, 0.2) is 4.99 Å². The zero-order valence-corrected chi connectivity index (χ0v) is 11.0. The van der Waals surface area contributed by atoms with E-state index in [1.54, 1.807) is 0 Å². The van der Waals surface area contributed by atoms with Gasteiger partial charge in [0.25, 0.3) is 0 Å². The summed E-state index contributed by atoms with van der Waals surface area (Å²) in [5.41, 5.74) is -0.375. The van der Waals surface area contributed by atoms with Crippen LogP contribution in [0.4, 0.5) is 13.2 Å². The van der Waals surface area contributed by atoms with Crippen LogP contribution in [0.25, 0.3) is 5.32 Å². The van der Waals surface area contributed by atoms with E-state index in [1.807, 2.05) is 27.7 Å². The second-order valence-corrected chi connectivity index (χ2v) is 4.38. The first-order valence-electron chi connectivity index (χ1n) is 4.97. The van der Waals surface area contributed by atoms with E-state index in [-0.39, 0.29) is 22.3 Å². The van der Waals surface area contributed by atoms with Crippen molar-refractivity contribution in [3.05, 3.63) is 5.32 Å². The molecule has 0 aliphatic carbocycles. The molecule has 0 bridgehead atoms.